The average Bonchev–Trinajstić information content (AvgIpc) is 2.73. The first-order valence-electron chi connectivity index (χ1n) is 10.6. The molecule has 1 unspecified atom stereocenters. The highest BCUT2D eigenvalue weighted by molar-refractivity contribution is 5.69. The van der Waals surface area contributed by atoms with Crippen LogP contribution in [-0.4, -0.2) is 22.8 Å². The molecule has 0 amide bonds. The summed E-state index contributed by atoms with van der Waals surface area (Å²) < 4.78 is 5.58. The second-order valence-corrected chi connectivity index (χ2v) is 8.03. The Morgan fingerprint density at radius 3 is 1.93 bits per heavy atom. The highest BCUT2D eigenvalue weighted by Crippen LogP contribution is 2.37. The Kier molecular flexibility index (Phi) is 8.56. The summed E-state index contributed by atoms with van der Waals surface area (Å²) in [6.07, 6.45) is 5.32. The van der Waals surface area contributed by atoms with Crippen molar-refractivity contribution in [2.75, 3.05) is 6.61 Å². The number of esters is 1. The predicted molar refractivity (Wildman–Crippen MR) is 116 cm³/mol. The molecule has 0 heterocycles. The van der Waals surface area contributed by atoms with Gasteiger partial charge in [-0.25, -0.2) is 0 Å². The van der Waals surface area contributed by atoms with Crippen LogP contribution in [0.25, 0.3) is 0 Å². The monoisotopic (exact) mass is 398 g/mol. The van der Waals surface area contributed by atoms with Crippen molar-refractivity contribution >= 4 is 5.97 Å². The van der Waals surface area contributed by atoms with Crippen molar-refractivity contribution in [1.82, 2.24) is 0 Å². The van der Waals surface area contributed by atoms with Crippen LogP contribution in [0.2, 0.25) is 0 Å². The van der Waals surface area contributed by atoms with Gasteiger partial charge in [0, 0.05) is 11.8 Å². The van der Waals surface area contributed by atoms with Crippen molar-refractivity contribution < 1.29 is 19.7 Å². The average molecular weight is 399 g/mol. The van der Waals surface area contributed by atoms with Crippen LogP contribution in [0.5, 0.6) is 11.5 Å². The first-order valence-corrected chi connectivity index (χ1v) is 10.6. The first kappa shape index (κ1) is 22.8. The van der Waals surface area contributed by atoms with E-state index in [0.717, 1.165) is 36.8 Å². The standard InChI is InChI=1S/C25H34O4/c1-4-6-7-19(5-2)18-29-24(28)16-17-25(3,20-8-12-22(26)13-9-20)21-10-14-23(27)15-11-21/h8-15,19,26-27H,4-7,16-18H2,1-3H3. The molecule has 0 radical (unpaired) electrons. The molecule has 29 heavy (non-hydrogen) atoms. The maximum atomic E-state index is 12.5. The van der Waals surface area contributed by atoms with Crippen molar-refractivity contribution in [1.29, 1.82) is 0 Å². The van der Waals surface area contributed by atoms with Crippen LogP contribution in [-0.2, 0) is 14.9 Å². The van der Waals surface area contributed by atoms with Crippen molar-refractivity contribution in [3.05, 3.63) is 59.7 Å². The van der Waals surface area contributed by atoms with Gasteiger partial charge in [0.2, 0.25) is 0 Å². The maximum absolute atomic E-state index is 12.5. The van der Waals surface area contributed by atoms with Crippen LogP contribution < -0.4 is 0 Å². The molecule has 0 bridgehead atoms. The first-order chi connectivity index (χ1) is 13.9. The Bertz CT molecular complexity index is 704. The highest BCUT2D eigenvalue weighted by Gasteiger charge is 2.30. The summed E-state index contributed by atoms with van der Waals surface area (Å²) in [7, 11) is 0. The molecule has 2 N–H and O–H groups in total. The van der Waals surface area contributed by atoms with Gasteiger partial charge in [-0.3, -0.25) is 4.79 Å². The summed E-state index contributed by atoms with van der Waals surface area (Å²) in [5.41, 5.74) is 1.57. The number of phenols is 2. The summed E-state index contributed by atoms with van der Waals surface area (Å²) in [6, 6.07) is 14.2. The minimum Gasteiger partial charge on any atom is -0.508 e. The lowest BCUT2D eigenvalue weighted by molar-refractivity contribution is -0.145. The summed E-state index contributed by atoms with van der Waals surface area (Å²) in [5, 5.41) is 19.3. The zero-order chi connectivity index (χ0) is 21.3. The normalized spacial score (nSPS) is 12.5. The molecule has 0 aliphatic carbocycles. The largest absolute Gasteiger partial charge is 0.508 e. The minimum absolute atomic E-state index is 0.177. The number of hydrogen-bond donors (Lipinski definition) is 2. The Morgan fingerprint density at radius 1 is 0.966 bits per heavy atom. The Hall–Kier alpha value is -2.49. The number of ether oxygens (including phenoxy) is 1. The number of unbranched alkanes of at least 4 members (excludes halogenated alkanes) is 1. The van der Waals surface area contributed by atoms with Crippen molar-refractivity contribution in [2.45, 2.75) is 64.7 Å². The molecule has 0 aromatic heterocycles. The van der Waals surface area contributed by atoms with Gasteiger partial charge in [-0.05, 0) is 54.2 Å². The van der Waals surface area contributed by atoms with Gasteiger partial charge in [-0.2, -0.15) is 0 Å². The van der Waals surface area contributed by atoms with Crippen LogP contribution in [0.15, 0.2) is 48.5 Å². The fourth-order valence-corrected chi connectivity index (χ4v) is 3.65. The number of carbonyl (C=O) groups excluding carboxylic acids is 1. The number of rotatable bonds is 11. The zero-order valence-electron chi connectivity index (χ0n) is 17.9. The van der Waals surface area contributed by atoms with Gasteiger partial charge in [-0.1, -0.05) is 64.3 Å². The molecule has 0 spiro atoms. The van der Waals surface area contributed by atoms with E-state index in [0.29, 0.717) is 25.4 Å². The Labute approximate surface area is 174 Å². The molecule has 0 saturated heterocycles. The molecule has 1 atom stereocenters. The van der Waals surface area contributed by atoms with Crippen molar-refractivity contribution in [2.24, 2.45) is 5.92 Å². The summed E-state index contributed by atoms with van der Waals surface area (Å²) in [5.74, 6) is 0.668. The van der Waals surface area contributed by atoms with E-state index in [9.17, 15) is 15.0 Å². The van der Waals surface area contributed by atoms with E-state index in [4.69, 9.17) is 4.74 Å². The summed E-state index contributed by atoms with van der Waals surface area (Å²) in [4.78, 5) is 12.5. The van der Waals surface area contributed by atoms with Crippen molar-refractivity contribution in [3.8, 4) is 11.5 Å². The van der Waals surface area contributed by atoms with Gasteiger partial charge in [0.15, 0.2) is 0 Å². The number of benzene rings is 2. The Morgan fingerprint density at radius 2 is 1.48 bits per heavy atom. The molecule has 158 valence electrons. The van der Waals surface area contributed by atoms with Gasteiger partial charge >= 0.3 is 5.97 Å². The van der Waals surface area contributed by atoms with Gasteiger partial charge in [0.05, 0.1) is 6.61 Å². The summed E-state index contributed by atoms with van der Waals surface area (Å²) >= 11 is 0. The lowest BCUT2D eigenvalue weighted by atomic mass is 9.73. The zero-order valence-corrected chi connectivity index (χ0v) is 17.9. The molecule has 4 nitrogen and oxygen atoms in total. The molecule has 2 aromatic rings. The van der Waals surface area contributed by atoms with E-state index < -0.39 is 5.41 Å². The van der Waals surface area contributed by atoms with Crippen LogP contribution in [0.4, 0.5) is 0 Å². The molecule has 2 aromatic carbocycles. The van der Waals surface area contributed by atoms with Crippen LogP contribution in [0.1, 0.15) is 70.4 Å². The van der Waals surface area contributed by atoms with Gasteiger partial charge in [-0.15, -0.1) is 0 Å². The summed E-state index contributed by atoms with van der Waals surface area (Å²) in [6.45, 7) is 6.88. The molecule has 0 fully saturated rings. The number of aromatic hydroxyl groups is 2. The molecular weight excluding hydrogens is 364 g/mol. The smallest absolute Gasteiger partial charge is 0.305 e. The molecule has 4 heteroatoms. The van der Waals surface area contributed by atoms with Crippen LogP contribution in [0, 0.1) is 5.92 Å². The van der Waals surface area contributed by atoms with E-state index in [2.05, 4.69) is 20.8 Å². The third-order valence-corrected chi connectivity index (χ3v) is 5.86. The molecule has 2 rings (SSSR count). The van der Waals surface area contributed by atoms with E-state index in [1.807, 2.05) is 24.3 Å². The molecule has 0 aliphatic rings. The number of phenolic OH excluding ortho intramolecular Hbond substituents is 2. The van der Waals surface area contributed by atoms with Crippen LogP contribution >= 0.6 is 0 Å². The topological polar surface area (TPSA) is 66.8 Å². The molecule has 0 saturated carbocycles. The quantitative estimate of drug-likeness (QED) is 0.459. The fraction of sp³-hybridized carbons (Fsp3) is 0.480. The lowest BCUT2D eigenvalue weighted by Crippen LogP contribution is -2.25. The predicted octanol–water partition coefficient (Wildman–Crippen LogP) is 5.94. The van der Waals surface area contributed by atoms with Crippen LogP contribution in [0.3, 0.4) is 0 Å². The third-order valence-electron chi connectivity index (χ3n) is 5.86. The lowest BCUT2D eigenvalue weighted by Gasteiger charge is -2.31. The van der Waals surface area contributed by atoms with E-state index in [1.165, 1.54) is 0 Å². The van der Waals surface area contributed by atoms with Gasteiger partial charge in [0.1, 0.15) is 11.5 Å². The fourth-order valence-electron chi connectivity index (χ4n) is 3.65. The highest BCUT2D eigenvalue weighted by atomic mass is 16.5. The molecule has 0 aliphatic heterocycles. The second-order valence-electron chi connectivity index (χ2n) is 8.03. The Balaban J connectivity index is 2.09. The molecular formula is C25H34O4. The van der Waals surface area contributed by atoms with Gasteiger partial charge < -0.3 is 14.9 Å². The van der Waals surface area contributed by atoms with Gasteiger partial charge in [0.25, 0.3) is 0 Å². The number of hydrogen-bond acceptors (Lipinski definition) is 4. The SMILES string of the molecule is CCCCC(CC)COC(=O)CCC(C)(c1ccc(O)cc1)c1ccc(O)cc1. The second kappa shape index (κ2) is 10.9. The van der Waals surface area contributed by atoms with Crippen molar-refractivity contribution in [3.63, 3.8) is 0 Å². The number of carbonyl (C=O) groups is 1. The minimum atomic E-state index is -0.438. The third kappa shape index (κ3) is 6.52. The van der Waals surface area contributed by atoms with E-state index in [1.54, 1.807) is 24.3 Å². The van der Waals surface area contributed by atoms with E-state index in [-0.39, 0.29) is 17.5 Å². The maximum Gasteiger partial charge on any atom is 0.305 e. The van der Waals surface area contributed by atoms with E-state index >= 15 is 0 Å².